The SMILES string of the molecule is Cc1occc1CN(C)C(=O)c1sc2cccnc2c1N. The summed E-state index contributed by atoms with van der Waals surface area (Å²) in [6.45, 7) is 2.37. The van der Waals surface area contributed by atoms with E-state index in [2.05, 4.69) is 4.98 Å². The third-order valence-corrected chi connectivity index (χ3v) is 4.55. The van der Waals surface area contributed by atoms with Gasteiger partial charge in [0.05, 0.1) is 16.7 Å². The molecule has 3 aromatic rings. The molecule has 0 spiro atoms. The first-order chi connectivity index (χ1) is 10.1. The van der Waals surface area contributed by atoms with Crippen LogP contribution >= 0.6 is 11.3 Å². The second-order valence-corrected chi connectivity index (χ2v) is 5.91. The number of pyridine rings is 1. The Balaban J connectivity index is 1.89. The van der Waals surface area contributed by atoms with E-state index < -0.39 is 0 Å². The van der Waals surface area contributed by atoms with Crippen LogP contribution in [0.3, 0.4) is 0 Å². The molecule has 5 nitrogen and oxygen atoms in total. The fraction of sp³-hybridized carbons (Fsp3) is 0.200. The van der Waals surface area contributed by atoms with Crippen molar-refractivity contribution in [3.63, 3.8) is 0 Å². The van der Waals surface area contributed by atoms with Crippen LogP contribution in [0, 0.1) is 6.92 Å². The molecule has 108 valence electrons. The number of rotatable bonds is 3. The van der Waals surface area contributed by atoms with Crippen molar-refractivity contribution in [3.05, 3.63) is 46.9 Å². The zero-order chi connectivity index (χ0) is 15.0. The number of nitrogens with zero attached hydrogens (tertiary/aromatic N) is 2. The van der Waals surface area contributed by atoms with E-state index in [-0.39, 0.29) is 5.91 Å². The van der Waals surface area contributed by atoms with Crippen molar-refractivity contribution >= 4 is 33.1 Å². The molecule has 0 unspecified atom stereocenters. The lowest BCUT2D eigenvalue weighted by atomic mass is 10.2. The molecular formula is C15H15N3O2S. The number of aryl methyl sites for hydroxylation is 1. The van der Waals surface area contributed by atoms with Crippen LogP contribution in [-0.4, -0.2) is 22.8 Å². The molecule has 0 bridgehead atoms. The number of nitrogen functional groups attached to an aromatic ring is 1. The average Bonchev–Trinajstić information content (AvgIpc) is 3.03. The van der Waals surface area contributed by atoms with Gasteiger partial charge in [0.1, 0.15) is 16.2 Å². The topological polar surface area (TPSA) is 72.4 Å². The normalized spacial score (nSPS) is 11.0. The summed E-state index contributed by atoms with van der Waals surface area (Å²) in [6, 6.07) is 5.63. The van der Waals surface area contributed by atoms with Gasteiger partial charge in [0, 0.05) is 25.4 Å². The number of amides is 1. The number of thiophene rings is 1. The molecule has 2 N–H and O–H groups in total. The van der Waals surface area contributed by atoms with Gasteiger partial charge in [-0.15, -0.1) is 11.3 Å². The van der Waals surface area contributed by atoms with Crippen molar-refractivity contribution in [1.29, 1.82) is 0 Å². The predicted octanol–water partition coefficient (Wildman–Crippen LogP) is 3.05. The number of furan rings is 1. The highest BCUT2D eigenvalue weighted by molar-refractivity contribution is 7.21. The van der Waals surface area contributed by atoms with Gasteiger partial charge < -0.3 is 15.1 Å². The lowest BCUT2D eigenvalue weighted by molar-refractivity contribution is 0.0790. The standard InChI is InChI=1S/C15H15N3O2S/c1-9-10(5-7-20-9)8-18(2)15(19)14-12(16)13-11(21-14)4-3-6-17-13/h3-7H,8,16H2,1-2H3. The maximum atomic E-state index is 12.6. The summed E-state index contributed by atoms with van der Waals surface area (Å²) in [5.74, 6) is 0.719. The first-order valence-electron chi connectivity index (χ1n) is 6.49. The Labute approximate surface area is 126 Å². The molecule has 0 radical (unpaired) electrons. The van der Waals surface area contributed by atoms with Gasteiger partial charge in [0.2, 0.25) is 0 Å². The van der Waals surface area contributed by atoms with E-state index in [4.69, 9.17) is 10.2 Å². The second-order valence-electron chi connectivity index (χ2n) is 4.86. The zero-order valence-electron chi connectivity index (χ0n) is 11.8. The van der Waals surface area contributed by atoms with E-state index in [9.17, 15) is 4.79 Å². The Kier molecular flexibility index (Phi) is 3.39. The van der Waals surface area contributed by atoms with Gasteiger partial charge in [-0.3, -0.25) is 9.78 Å². The van der Waals surface area contributed by atoms with E-state index >= 15 is 0 Å². The minimum atomic E-state index is -0.101. The molecule has 3 heterocycles. The van der Waals surface area contributed by atoms with Crippen molar-refractivity contribution in [2.75, 3.05) is 12.8 Å². The molecule has 6 heteroatoms. The van der Waals surface area contributed by atoms with Crippen LogP contribution in [0.15, 0.2) is 35.1 Å². The number of carbonyl (C=O) groups is 1. The number of carbonyl (C=O) groups excluding carboxylic acids is 1. The summed E-state index contributed by atoms with van der Waals surface area (Å²) in [7, 11) is 1.76. The lowest BCUT2D eigenvalue weighted by Crippen LogP contribution is -2.26. The zero-order valence-corrected chi connectivity index (χ0v) is 12.6. The summed E-state index contributed by atoms with van der Waals surface area (Å²) in [5.41, 5.74) is 8.20. The Bertz CT molecular complexity index is 806. The van der Waals surface area contributed by atoms with Gasteiger partial charge in [-0.05, 0) is 25.1 Å². The summed E-state index contributed by atoms with van der Waals surface area (Å²) in [4.78, 5) is 19.0. The summed E-state index contributed by atoms with van der Waals surface area (Å²) >= 11 is 1.37. The van der Waals surface area contributed by atoms with Crippen molar-refractivity contribution in [1.82, 2.24) is 9.88 Å². The summed E-state index contributed by atoms with van der Waals surface area (Å²) in [6.07, 6.45) is 3.30. The predicted molar refractivity (Wildman–Crippen MR) is 83.3 cm³/mol. The largest absolute Gasteiger partial charge is 0.469 e. The highest BCUT2D eigenvalue weighted by Crippen LogP contribution is 2.32. The molecular weight excluding hydrogens is 286 g/mol. The van der Waals surface area contributed by atoms with Crippen molar-refractivity contribution in [2.45, 2.75) is 13.5 Å². The number of fused-ring (bicyclic) bond motifs is 1. The minimum Gasteiger partial charge on any atom is -0.469 e. The van der Waals surface area contributed by atoms with Crippen LogP contribution in [0.4, 0.5) is 5.69 Å². The number of nitrogens with two attached hydrogens (primary N) is 1. The smallest absolute Gasteiger partial charge is 0.266 e. The van der Waals surface area contributed by atoms with Crippen molar-refractivity contribution in [2.24, 2.45) is 0 Å². The molecule has 0 saturated carbocycles. The maximum absolute atomic E-state index is 12.6. The second kappa shape index (κ2) is 5.21. The van der Waals surface area contributed by atoms with Gasteiger partial charge in [0.25, 0.3) is 5.91 Å². The monoisotopic (exact) mass is 301 g/mol. The molecule has 3 aromatic heterocycles. The highest BCUT2D eigenvalue weighted by Gasteiger charge is 2.21. The average molecular weight is 301 g/mol. The number of anilines is 1. The lowest BCUT2D eigenvalue weighted by Gasteiger charge is -2.16. The van der Waals surface area contributed by atoms with Crippen LogP contribution in [0.2, 0.25) is 0 Å². The van der Waals surface area contributed by atoms with E-state index in [0.29, 0.717) is 22.6 Å². The fourth-order valence-electron chi connectivity index (χ4n) is 2.18. The first-order valence-corrected chi connectivity index (χ1v) is 7.31. The molecule has 1 amide bonds. The van der Waals surface area contributed by atoms with Crippen molar-refractivity contribution in [3.8, 4) is 0 Å². The molecule has 0 fully saturated rings. The maximum Gasteiger partial charge on any atom is 0.266 e. The van der Waals surface area contributed by atoms with Gasteiger partial charge in [-0.2, -0.15) is 0 Å². The van der Waals surface area contributed by atoms with Crippen LogP contribution in [-0.2, 0) is 6.54 Å². The first kappa shape index (κ1) is 13.6. The Morgan fingerprint density at radius 2 is 2.29 bits per heavy atom. The molecule has 3 rings (SSSR count). The fourth-order valence-corrected chi connectivity index (χ4v) is 3.26. The van der Waals surface area contributed by atoms with Crippen molar-refractivity contribution < 1.29 is 9.21 Å². The molecule has 0 aliphatic rings. The van der Waals surface area contributed by atoms with Gasteiger partial charge in [0.15, 0.2) is 0 Å². The van der Waals surface area contributed by atoms with E-state index in [1.165, 1.54) is 11.3 Å². The Hall–Kier alpha value is -2.34. The highest BCUT2D eigenvalue weighted by atomic mass is 32.1. The molecule has 0 aromatic carbocycles. The third kappa shape index (κ3) is 2.38. The van der Waals surface area contributed by atoms with Gasteiger partial charge in [-0.1, -0.05) is 0 Å². The summed E-state index contributed by atoms with van der Waals surface area (Å²) in [5, 5.41) is 0. The van der Waals surface area contributed by atoms with E-state index in [1.807, 2.05) is 25.1 Å². The van der Waals surface area contributed by atoms with Crippen LogP contribution < -0.4 is 5.73 Å². The van der Waals surface area contributed by atoms with Gasteiger partial charge in [-0.25, -0.2) is 0 Å². The quantitative estimate of drug-likeness (QED) is 0.807. The van der Waals surface area contributed by atoms with Crippen LogP contribution in [0.5, 0.6) is 0 Å². The van der Waals surface area contributed by atoms with Gasteiger partial charge >= 0.3 is 0 Å². The molecule has 0 aliphatic carbocycles. The number of hydrogen-bond acceptors (Lipinski definition) is 5. The van der Waals surface area contributed by atoms with E-state index in [1.54, 1.807) is 24.4 Å². The Morgan fingerprint density at radius 3 is 2.95 bits per heavy atom. The minimum absolute atomic E-state index is 0.101. The molecule has 0 atom stereocenters. The number of hydrogen-bond donors (Lipinski definition) is 1. The molecule has 0 aliphatic heterocycles. The third-order valence-electron chi connectivity index (χ3n) is 3.40. The molecule has 21 heavy (non-hydrogen) atoms. The van der Waals surface area contributed by atoms with Crippen LogP contribution in [0.25, 0.3) is 10.2 Å². The van der Waals surface area contributed by atoms with E-state index in [0.717, 1.165) is 16.0 Å². The van der Waals surface area contributed by atoms with Crippen LogP contribution in [0.1, 0.15) is 21.0 Å². The number of aromatic nitrogens is 1. The Morgan fingerprint density at radius 1 is 1.48 bits per heavy atom. The molecule has 0 saturated heterocycles. The summed E-state index contributed by atoms with van der Waals surface area (Å²) < 4.78 is 6.17.